The van der Waals surface area contributed by atoms with Crippen molar-refractivity contribution in [3.63, 3.8) is 0 Å². The Labute approximate surface area is 249 Å². The third-order valence-electron chi connectivity index (χ3n) is 8.44. The fraction of sp³-hybridized carbons (Fsp3) is 0.375. The highest BCUT2D eigenvalue weighted by molar-refractivity contribution is 6.33. The van der Waals surface area contributed by atoms with Gasteiger partial charge in [-0.1, -0.05) is 42.6 Å². The lowest BCUT2D eigenvalue weighted by molar-refractivity contribution is -0.125. The topological polar surface area (TPSA) is 96.5 Å². The number of ether oxygens (including phenoxy) is 1. The molecule has 42 heavy (non-hydrogen) atoms. The number of anilines is 1. The van der Waals surface area contributed by atoms with E-state index in [-0.39, 0.29) is 30.2 Å². The van der Waals surface area contributed by atoms with Gasteiger partial charge in [0.15, 0.2) is 6.04 Å². The van der Waals surface area contributed by atoms with Crippen LogP contribution in [0.15, 0.2) is 42.6 Å². The highest BCUT2D eigenvalue weighted by Crippen LogP contribution is 2.52. The number of aromatic nitrogens is 2. The minimum atomic E-state index is -1.13. The van der Waals surface area contributed by atoms with Crippen LogP contribution in [0.4, 0.5) is 10.3 Å². The number of carbonyl (C=O) groups excluding carboxylic acids is 2. The number of halogens is 2. The molecule has 2 aliphatic heterocycles. The van der Waals surface area contributed by atoms with Crippen molar-refractivity contribution in [2.75, 3.05) is 18.5 Å². The van der Waals surface area contributed by atoms with Crippen molar-refractivity contribution in [1.82, 2.24) is 20.2 Å². The molecule has 10 heteroatoms. The fourth-order valence-electron chi connectivity index (χ4n) is 6.01. The van der Waals surface area contributed by atoms with Crippen LogP contribution in [0.2, 0.25) is 5.02 Å². The second-order valence-electron chi connectivity index (χ2n) is 11.4. The molecule has 0 spiro atoms. The molecule has 0 radical (unpaired) electrons. The van der Waals surface area contributed by atoms with E-state index in [0.29, 0.717) is 53.0 Å². The van der Waals surface area contributed by atoms with E-state index in [1.807, 2.05) is 32.0 Å². The smallest absolute Gasteiger partial charge is 0.256 e. The van der Waals surface area contributed by atoms with Crippen LogP contribution in [0.1, 0.15) is 53.2 Å². The van der Waals surface area contributed by atoms with E-state index in [2.05, 4.69) is 26.5 Å². The van der Waals surface area contributed by atoms with Crippen LogP contribution < -0.4 is 10.6 Å². The number of benzene rings is 2. The molecule has 1 unspecified atom stereocenters. The molecule has 2 amide bonds. The summed E-state index contributed by atoms with van der Waals surface area (Å²) in [6.07, 6.45) is 9.74. The van der Waals surface area contributed by atoms with Crippen molar-refractivity contribution in [2.24, 2.45) is 5.92 Å². The molecule has 3 atom stereocenters. The molecule has 6 rings (SSSR count). The van der Waals surface area contributed by atoms with Crippen molar-refractivity contribution in [3.8, 4) is 23.6 Å². The quantitative estimate of drug-likeness (QED) is 0.384. The summed E-state index contributed by atoms with van der Waals surface area (Å²) in [7, 11) is 0. The van der Waals surface area contributed by atoms with Gasteiger partial charge in [0.1, 0.15) is 5.82 Å². The molecule has 3 aromatic rings. The van der Waals surface area contributed by atoms with Crippen molar-refractivity contribution < 1.29 is 18.7 Å². The molecule has 3 aliphatic rings. The molecule has 2 fully saturated rings. The second-order valence-corrected chi connectivity index (χ2v) is 11.8. The average Bonchev–Trinajstić information content (AvgIpc) is 3.51. The minimum Gasteiger partial charge on any atom is -0.381 e. The first-order valence-electron chi connectivity index (χ1n) is 14.1. The van der Waals surface area contributed by atoms with Gasteiger partial charge in [-0.05, 0) is 67.0 Å². The number of nitrogens with one attached hydrogen (secondary N) is 2. The van der Waals surface area contributed by atoms with Crippen molar-refractivity contribution >= 4 is 29.4 Å². The predicted molar refractivity (Wildman–Crippen MR) is 157 cm³/mol. The van der Waals surface area contributed by atoms with Gasteiger partial charge in [-0.15, -0.1) is 6.42 Å². The van der Waals surface area contributed by atoms with Crippen LogP contribution in [-0.4, -0.2) is 52.0 Å². The summed E-state index contributed by atoms with van der Waals surface area (Å²) in [5.74, 6) is 1.88. The number of hydrogen-bond acceptors (Lipinski definition) is 6. The average molecular weight is 588 g/mol. The Hall–Kier alpha value is -4.00. The highest BCUT2D eigenvalue weighted by Gasteiger charge is 2.55. The Bertz CT molecular complexity index is 1600. The standard InChI is InChI=1S/C32H31ClFN5O3/c1-4-27(29(40)38-32(15-19(32)3)22-11-18(2)12-23(34)14-22)39-17-21-6-5-20(13-25(21)30(39)41)28-26(33)16-35-31(37-28)36-24-7-9-42-10-8-24/h1,5-6,11-14,16,19,24,27H,7-10,15,17H2,2-3H3,(H,38,40)(H,35,36,37)/t19?,27-,32-/m1/s1. The van der Waals surface area contributed by atoms with Gasteiger partial charge in [0.05, 0.1) is 22.5 Å². The summed E-state index contributed by atoms with van der Waals surface area (Å²) in [4.78, 5) is 37.5. The zero-order valence-electron chi connectivity index (χ0n) is 23.4. The van der Waals surface area contributed by atoms with Crippen LogP contribution in [-0.2, 0) is 21.6 Å². The van der Waals surface area contributed by atoms with Crippen LogP contribution >= 0.6 is 11.6 Å². The SMILES string of the molecule is C#C[C@H](C(=O)N[C@]1(c2cc(C)cc(F)c2)CC1C)N1Cc2ccc(-c3nc(NC4CCOCC4)ncc3Cl)cc2C1=O. The highest BCUT2D eigenvalue weighted by atomic mass is 35.5. The van der Waals surface area contributed by atoms with E-state index < -0.39 is 17.5 Å². The molecule has 2 aromatic carbocycles. The Morgan fingerprint density at radius 3 is 2.71 bits per heavy atom. The minimum absolute atomic E-state index is 0.0959. The van der Waals surface area contributed by atoms with E-state index in [9.17, 15) is 14.0 Å². The van der Waals surface area contributed by atoms with Gasteiger partial charge in [0.25, 0.3) is 11.8 Å². The molecule has 1 saturated heterocycles. The molecular weight excluding hydrogens is 557 g/mol. The zero-order valence-corrected chi connectivity index (χ0v) is 24.2. The molecule has 1 saturated carbocycles. The first kappa shape index (κ1) is 28.1. The Balaban J connectivity index is 1.21. The maximum absolute atomic E-state index is 14.2. The third kappa shape index (κ3) is 5.21. The number of nitrogens with zero attached hydrogens (tertiary/aromatic N) is 3. The largest absolute Gasteiger partial charge is 0.381 e. The lowest BCUT2D eigenvalue weighted by Gasteiger charge is -2.27. The molecular formula is C32H31ClFN5O3. The molecule has 1 aromatic heterocycles. The predicted octanol–water partition coefficient (Wildman–Crippen LogP) is 4.84. The number of fused-ring (bicyclic) bond motifs is 1. The molecule has 0 bridgehead atoms. The summed E-state index contributed by atoms with van der Waals surface area (Å²) in [6, 6.07) is 9.25. The number of carbonyl (C=O) groups is 2. The maximum Gasteiger partial charge on any atom is 0.256 e. The first-order chi connectivity index (χ1) is 20.2. The fourth-order valence-corrected chi connectivity index (χ4v) is 6.21. The van der Waals surface area contributed by atoms with Gasteiger partial charge in [-0.2, -0.15) is 0 Å². The summed E-state index contributed by atoms with van der Waals surface area (Å²) < 4.78 is 19.6. The van der Waals surface area contributed by atoms with E-state index in [4.69, 9.17) is 22.8 Å². The van der Waals surface area contributed by atoms with Gasteiger partial charge in [0, 0.05) is 36.9 Å². The molecule has 3 heterocycles. The van der Waals surface area contributed by atoms with E-state index in [1.165, 1.54) is 17.0 Å². The van der Waals surface area contributed by atoms with Gasteiger partial charge in [-0.3, -0.25) is 9.59 Å². The Morgan fingerprint density at radius 1 is 1.26 bits per heavy atom. The van der Waals surface area contributed by atoms with E-state index in [0.717, 1.165) is 24.0 Å². The van der Waals surface area contributed by atoms with Gasteiger partial charge in [0.2, 0.25) is 5.95 Å². The second kappa shape index (κ2) is 11.0. The maximum atomic E-state index is 14.2. The lowest BCUT2D eigenvalue weighted by Crippen LogP contribution is -2.49. The number of rotatable bonds is 7. The van der Waals surface area contributed by atoms with E-state index >= 15 is 0 Å². The summed E-state index contributed by atoms with van der Waals surface area (Å²) in [5, 5.41) is 6.75. The zero-order chi connectivity index (χ0) is 29.6. The van der Waals surface area contributed by atoms with Crippen molar-refractivity contribution in [1.29, 1.82) is 0 Å². The Morgan fingerprint density at radius 2 is 2.02 bits per heavy atom. The van der Waals surface area contributed by atoms with E-state index in [1.54, 1.807) is 12.3 Å². The summed E-state index contributed by atoms with van der Waals surface area (Å²) >= 11 is 6.48. The summed E-state index contributed by atoms with van der Waals surface area (Å²) in [5.41, 5.74) is 3.08. The normalized spacial score (nSPS) is 22.3. The van der Waals surface area contributed by atoms with Crippen molar-refractivity contribution in [2.45, 2.75) is 57.3 Å². The van der Waals surface area contributed by atoms with Gasteiger partial charge in [-0.25, -0.2) is 14.4 Å². The summed E-state index contributed by atoms with van der Waals surface area (Å²) in [6.45, 7) is 5.36. The third-order valence-corrected chi connectivity index (χ3v) is 8.72. The lowest BCUT2D eigenvalue weighted by atomic mass is 9.99. The van der Waals surface area contributed by atoms with Crippen LogP contribution in [0, 0.1) is 31.0 Å². The van der Waals surface area contributed by atoms with Crippen LogP contribution in [0.5, 0.6) is 0 Å². The van der Waals surface area contributed by atoms with Gasteiger partial charge < -0.3 is 20.3 Å². The number of aryl methyl sites for hydroxylation is 1. The van der Waals surface area contributed by atoms with Gasteiger partial charge >= 0.3 is 0 Å². The number of terminal acetylenes is 1. The van der Waals surface area contributed by atoms with Crippen LogP contribution in [0.25, 0.3) is 11.3 Å². The number of hydrogen-bond donors (Lipinski definition) is 2. The van der Waals surface area contributed by atoms with Crippen molar-refractivity contribution in [3.05, 3.63) is 75.7 Å². The molecule has 216 valence electrons. The first-order valence-corrected chi connectivity index (χ1v) is 14.4. The number of amides is 2. The molecule has 8 nitrogen and oxygen atoms in total. The Kier molecular flexibility index (Phi) is 7.37. The monoisotopic (exact) mass is 587 g/mol. The van der Waals surface area contributed by atoms with Crippen LogP contribution in [0.3, 0.4) is 0 Å². The molecule has 1 aliphatic carbocycles. The molecule has 2 N–H and O–H groups in total.